The number of nitrogens with one attached hydrogen (secondary N) is 1. The summed E-state index contributed by atoms with van der Waals surface area (Å²) in [6.45, 7) is 4.90. The molecule has 4 amide bonds. The summed E-state index contributed by atoms with van der Waals surface area (Å²) >= 11 is 0. The number of nitrogens with zero attached hydrogens (tertiary/aromatic N) is 2. The number of benzene rings is 1. The van der Waals surface area contributed by atoms with Crippen LogP contribution in [0.1, 0.15) is 58.9 Å². The van der Waals surface area contributed by atoms with Gasteiger partial charge in [0.1, 0.15) is 6.04 Å². The Morgan fingerprint density at radius 1 is 1.18 bits per heavy atom. The maximum absolute atomic E-state index is 13.1. The van der Waals surface area contributed by atoms with E-state index >= 15 is 0 Å². The lowest BCUT2D eigenvalue weighted by Gasteiger charge is -2.28. The predicted octanol–water partition coefficient (Wildman–Crippen LogP) is 0.649. The smallest absolute Gasteiger partial charge is 0.262 e. The van der Waals surface area contributed by atoms with Crippen LogP contribution < -0.4 is 11.1 Å². The topological polar surface area (TPSA) is 113 Å². The molecule has 1 aromatic carbocycles. The highest BCUT2D eigenvalue weighted by atomic mass is 16.2. The molecule has 0 saturated carbocycles. The van der Waals surface area contributed by atoms with E-state index < -0.39 is 23.8 Å². The van der Waals surface area contributed by atoms with Crippen molar-refractivity contribution in [1.82, 2.24) is 15.1 Å². The first-order chi connectivity index (χ1) is 13.5. The van der Waals surface area contributed by atoms with Crippen molar-refractivity contribution in [2.45, 2.75) is 45.2 Å². The van der Waals surface area contributed by atoms with Crippen molar-refractivity contribution in [2.24, 2.45) is 5.73 Å². The summed E-state index contributed by atoms with van der Waals surface area (Å²) in [4.78, 5) is 52.8. The Bertz CT molecular complexity index is 807. The van der Waals surface area contributed by atoms with Crippen molar-refractivity contribution < 1.29 is 19.2 Å². The number of nitrogens with two attached hydrogens (primary N) is 1. The molecular weight excluding hydrogens is 360 g/mol. The molecule has 0 spiro atoms. The Morgan fingerprint density at radius 2 is 1.96 bits per heavy atom. The summed E-state index contributed by atoms with van der Waals surface area (Å²) in [5.74, 6) is -1.91. The predicted molar refractivity (Wildman–Crippen MR) is 102 cm³/mol. The van der Waals surface area contributed by atoms with Crippen LogP contribution in [0.3, 0.4) is 0 Å². The number of amides is 4. The number of piperidine rings is 1. The van der Waals surface area contributed by atoms with Crippen molar-refractivity contribution in [1.29, 1.82) is 0 Å². The second-order valence-corrected chi connectivity index (χ2v) is 7.21. The van der Waals surface area contributed by atoms with Gasteiger partial charge in [0, 0.05) is 13.0 Å². The van der Waals surface area contributed by atoms with E-state index in [1.54, 1.807) is 12.1 Å². The molecule has 28 heavy (non-hydrogen) atoms. The minimum absolute atomic E-state index is 0.111. The van der Waals surface area contributed by atoms with Crippen LogP contribution in [0.5, 0.6) is 0 Å². The van der Waals surface area contributed by atoms with Crippen molar-refractivity contribution >= 4 is 23.6 Å². The lowest BCUT2D eigenvalue weighted by atomic mass is 10.0. The van der Waals surface area contributed by atoms with E-state index in [9.17, 15) is 19.2 Å². The van der Waals surface area contributed by atoms with Crippen molar-refractivity contribution in [2.75, 3.05) is 19.6 Å². The van der Waals surface area contributed by atoms with Crippen molar-refractivity contribution in [3.8, 4) is 0 Å². The highest BCUT2D eigenvalue weighted by Gasteiger charge is 2.45. The minimum atomic E-state index is -0.943. The molecule has 0 radical (unpaired) electrons. The molecule has 1 aromatic rings. The zero-order valence-electron chi connectivity index (χ0n) is 16.1. The van der Waals surface area contributed by atoms with Gasteiger partial charge in [0.2, 0.25) is 11.8 Å². The number of carbonyl (C=O) groups excluding carboxylic acids is 4. The van der Waals surface area contributed by atoms with Gasteiger partial charge in [0.15, 0.2) is 0 Å². The molecule has 0 aromatic heterocycles. The fraction of sp³-hybridized carbons (Fsp3) is 0.500. The summed E-state index contributed by atoms with van der Waals surface area (Å²) < 4.78 is 0. The van der Waals surface area contributed by atoms with E-state index in [4.69, 9.17) is 5.73 Å². The Kier molecular flexibility index (Phi) is 6.21. The van der Waals surface area contributed by atoms with Gasteiger partial charge in [-0.05, 0) is 50.5 Å². The molecule has 0 aliphatic carbocycles. The second kappa shape index (κ2) is 8.62. The number of rotatable bonds is 8. The third-order valence-corrected chi connectivity index (χ3v) is 5.17. The van der Waals surface area contributed by atoms with Gasteiger partial charge in [-0.3, -0.25) is 34.3 Å². The number of hydrogen-bond donors (Lipinski definition) is 2. The molecular formula is C20H26N4O4. The third kappa shape index (κ3) is 3.83. The maximum Gasteiger partial charge on any atom is 0.262 e. The van der Waals surface area contributed by atoms with Crippen LogP contribution in [0.2, 0.25) is 0 Å². The molecule has 8 nitrogen and oxygen atoms in total. The monoisotopic (exact) mass is 386 g/mol. The van der Waals surface area contributed by atoms with Crippen LogP contribution in [0, 0.1) is 0 Å². The first kappa shape index (κ1) is 20.2. The molecule has 1 saturated heterocycles. The standard InChI is InChI=1S/C20H26N4O4/c1-2-10-23(11-4-9-21)12-13-5-3-6-14-17(13)20(28)24(19(14)27)15-7-8-16(25)22-18(15)26/h3,5-6,15H,2,4,7-12,21H2,1H3,(H,22,25,26). The van der Waals surface area contributed by atoms with Gasteiger partial charge < -0.3 is 5.73 Å². The molecule has 150 valence electrons. The Labute approximate surface area is 164 Å². The SMILES string of the molecule is CCCN(CCCN)Cc1cccc2c1C(=O)N(C1CCC(=O)NC1=O)C2=O. The normalized spacial score (nSPS) is 19.4. The first-order valence-corrected chi connectivity index (χ1v) is 9.73. The molecule has 3 N–H and O–H groups in total. The van der Waals surface area contributed by atoms with Gasteiger partial charge in [0.05, 0.1) is 11.1 Å². The Morgan fingerprint density at radius 3 is 2.64 bits per heavy atom. The van der Waals surface area contributed by atoms with Gasteiger partial charge in [-0.1, -0.05) is 19.1 Å². The molecule has 8 heteroatoms. The number of imide groups is 2. The van der Waals surface area contributed by atoms with Crippen molar-refractivity contribution in [3.05, 3.63) is 34.9 Å². The van der Waals surface area contributed by atoms with E-state index in [1.807, 2.05) is 6.07 Å². The fourth-order valence-electron chi connectivity index (χ4n) is 3.86. The van der Waals surface area contributed by atoms with Gasteiger partial charge in [-0.2, -0.15) is 0 Å². The van der Waals surface area contributed by atoms with Crippen LogP contribution in [0.25, 0.3) is 0 Å². The van der Waals surface area contributed by atoms with Crippen molar-refractivity contribution in [3.63, 3.8) is 0 Å². The molecule has 1 atom stereocenters. The minimum Gasteiger partial charge on any atom is -0.330 e. The highest BCUT2D eigenvalue weighted by molar-refractivity contribution is 6.24. The van der Waals surface area contributed by atoms with Gasteiger partial charge in [-0.15, -0.1) is 0 Å². The summed E-state index contributed by atoms with van der Waals surface area (Å²) in [5.41, 5.74) is 7.09. The highest BCUT2D eigenvalue weighted by Crippen LogP contribution is 2.30. The molecule has 0 bridgehead atoms. The summed E-state index contributed by atoms with van der Waals surface area (Å²) in [6, 6.07) is 4.29. The lowest BCUT2D eigenvalue weighted by Crippen LogP contribution is -2.54. The summed E-state index contributed by atoms with van der Waals surface area (Å²) in [5, 5.41) is 2.22. The fourth-order valence-corrected chi connectivity index (χ4v) is 3.86. The van der Waals surface area contributed by atoms with Gasteiger partial charge in [0.25, 0.3) is 11.8 Å². The maximum atomic E-state index is 13.1. The average molecular weight is 386 g/mol. The van der Waals surface area contributed by atoms with Crippen LogP contribution in [-0.2, 0) is 16.1 Å². The Balaban J connectivity index is 1.87. The van der Waals surface area contributed by atoms with Crippen LogP contribution in [0.4, 0.5) is 0 Å². The van der Waals surface area contributed by atoms with E-state index in [0.29, 0.717) is 24.2 Å². The Hall–Kier alpha value is -2.58. The van der Waals surface area contributed by atoms with E-state index in [0.717, 1.165) is 36.4 Å². The molecule has 2 aliphatic heterocycles. The zero-order valence-corrected chi connectivity index (χ0v) is 16.1. The molecule has 2 aliphatic rings. The average Bonchev–Trinajstić information content (AvgIpc) is 2.92. The summed E-state index contributed by atoms with van der Waals surface area (Å²) in [6.07, 6.45) is 2.09. The van der Waals surface area contributed by atoms with E-state index in [1.165, 1.54) is 0 Å². The van der Waals surface area contributed by atoms with Gasteiger partial charge >= 0.3 is 0 Å². The van der Waals surface area contributed by atoms with E-state index in [-0.39, 0.29) is 18.7 Å². The lowest BCUT2D eigenvalue weighted by molar-refractivity contribution is -0.136. The molecule has 2 heterocycles. The number of fused-ring (bicyclic) bond motifs is 1. The molecule has 3 rings (SSSR count). The molecule has 1 unspecified atom stereocenters. The second-order valence-electron chi connectivity index (χ2n) is 7.21. The number of hydrogen-bond acceptors (Lipinski definition) is 6. The quantitative estimate of drug-likeness (QED) is 0.634. The van der Waals surface area contributed by atoms with Crippen LogP contribution in [-0.4, -0.2) is 59.1 Å². The molecule has 1 fully saturated rings. The zero-order chi connectivity index (χ0) is 20.3. The number of carbonyl (C=O) groups is 4. The third-order valence-electron chi connectivity index (χ3n) is 5.17. The van der Waals surface area contributed by atoms with Crippen LogP contribution in [0.15, 0.2) is 18.2 Å². The van der Waals surface area contributed by atoms with Gasteiger partial charge in [-0.25, -0.2) is 0 Å². The largest absolute Gasteiger partial charge is 0.330 e. The summed E-state index contributed by atoms with van der Waals surface area (Å²) in [7, 11) is 0. The first-order valence-electron chi connectivity index (χ1n) is 9.73. The van der Waals surface area contributed by atoms with Crippen LogP contribution >= 0.6 is 0 Å². The van der Waals surface area contributed by atoms with E-state index in [2.05, 4.69) is 17.1 Å².